The highest BCUT2D eigenvalue weighted by molar-refractivity contribution is 7.92. The molecule has 2 heterocycles. The van der Waals surface area contributed by atoms with Crippen molar-refractivity contribution in [3.05, 3.63) is 40.5 Å². The number of sulfonamides is 2. The van der Waals surface area contributed by atoms with Crippen molar-refractivity contribution in [3.63, 3.8) is 0 Å². The van der Waals surface area contributed by atoms with E-state index in [0.29, 0.717) is 23.4 Å². The molecule has 3 rings (SSSR count). The normalized spacial score (nSPS) is 13.5. The lowest BCUT2D eigenvalue weighted by atomic mass is 10.3. The van der Waals surface area contributed by atoms with Gasteiger partial charge >= 0.3 is 0 Å². The zero-order valence-corrected chi connectivity index (χ0v) is 16.8. The Morgan fingerprint density at radius 1 is 1.23 bits per heavy atom. The molecule has 140 valence electrons. The molecule has 0 amide bonds. The third-order valence-corrected chi connectivity index (χ3v) is 8.16. The first-order chi connectivity index (χ1) is 12.2. The molecule has 0 spiro atoms. The summed E-state index contributed by atoms with van der Waals surface area (Å²) in [6.07, 6.45) is 0. The van der Waals surface area contributed by atoms with Crippen molar-refractivity contribution in [2.75, 3.05) is 13.7 Å². The van der Waals surface area contributed by atoms with Gasteiger partial charge in [-0.05, 0) is 29.6 Å². The van der Waals surface area contributed by atoms with Crippen LogP contribution in [0, 0.1) is 0 Å². The number of ether oxygens (including phenoxy) is 1. The lowest BCUT2D eigenvalue weighted by Gasteiger charge is -2.05. The van der Waals surface area contributed by atoms with Crippen LogP contribution < -0.4 is 9.94 Å². The van der Waals surface area contributed by atoms with Gasteiger partial charge in [0.05, 0.1) is 21.7 Å². The molecule has 0 saturated carbocycles. The molecule has 26 heavy (non-hydrogen) atoms. The first kappa shape index (κ1) is 19.2. The number of fused-ring (bicyclic) bond motifs is 1. The first-order valence-corrected chi connectivity index (χ1v) is 11.9. The van der Waals surface area contributed by atoms with Gasteiger partial charge in [-0.1, -0.05) is 17.4 Å². The summed E-state index contributed by atoms with van der Waals surface area (Å²) in [5.41, 5.74) is 0.652. The van der Waals surface area contributed by atoms with Crippen LogP contribution in [0.3, 0.4) is 0 Å². The number of aromatic nitrogens is 1. The standard InChI is InChI=1S/C14H15N3O5S4/c1-22-7-6-17-11-5-4-10(25(15,18)19)9-12(11)24-14(17)16-26(20,21)13-3-2-8-23-13/h2-5,8-9H,6-7H2,1H3,(H2,15,18,19)/b16-14-. The summed E-state index contributed by atoms with van der Waals surface area (Å²) in [4.78, 5) is 0.190. The maximum Gasteiger partial charge on any atom is 0.294 e. The molecule has 0 atom stereocenters. The highest BCUT2D eigenvalue weighted by Gasteiger charge is 2.17. The molecule has 2 aromatic heterocycles. The van der Waals surface area contributed by atoms with Crippen molar-refractivity contribution >= 4 is 52.9 Å². The zero-order valence-electron chi connectivity index (χ0n) is 13.5. The van der Waals surface area contributed by atoms with E-state index < -0.39 is 20.0 Å². The predicted octanol–water partition coefficient (Wildman–Crippen LogP) is 1.35. The van der Waals surface area contributed by atoms with Crippen LogP contribution in [0.1, 0.15) is 0 Å². The lowest BCUT2D eigenvalue weighted by Crippen LogP contribution is -2.19. The maximum atomic E-state index is 12.5. The number of rotatable bonds is 6. The second kappa shape index (κ2) is 7.21. The van der Waals surface area contributed by atoms with Crippen molar-refractivity contribution in [3.8, 4) is 0 Å². The van der Waals surface area contributed by atoms with E-state index in [1.807, 2.05) is 0 Å². The molecular weight excluding hydrogens is 418 g/mol. The average molecular weight is 434 g/mol. The SMILES string of the molecule is COCCn1/c(=N/S(=O)(=O)c2cccs2)sc2cc(S(N)(=O)=O)ccc21. The van der Waals surface area contributed by atoms with Crippen LogP contribution in [0.2, 0.25) is 0 Å². The van der Waals surface area contributed by atoms with Crippen molar-refractivity contribution in [1.29, 1.82) is 0 Å². The summed E-state index contributed by atoms with van der Waals surface area (Å²) in [7, 11) is -6.18. The van der Waals surface area contributed by atoms with Crippen LogP contribution in [-0.4, -0.2) is 35.1 Å². The third kappa shape index (κ3) is 3.89. The molecule has 0 unspecified atom stereocenters. The van der Waals surface area contributed by atoms with Crippen LogP contribution in [-0.2, 0) is 31.3 Å². The highest BCUT2D eigenvalue weighted by atomic mass is 32.2. The minimum atomic E-state index is -3.86. The Hall–Kier alpha value is -1.57. The van der Waals surface area contributed by atoms with Gasteiger partial charge in [-0.2, -0.15) is 8.42 Å². The molecular formula is C14H15N3O5S4. The number of primary sulfonamides is 1. The fourth-order valence-corrected chi connectivity index (χ4v) is 6.14. The van der Waals surface area contributed by atoms with Crippen molar-refractivity contribution in [1.82, 2.24) is 4.57 Å². The Balaban J connectivity index is 2.25. The Morgan fingerprint density at radius 3 is 2.62 bits per heavy atom. The van der Waals surface area contributed by atoms with E-state index in [1.54, 1.807) is 22.1 Å². The number of methoxy groups -OCH3 is 1. The van der Waals surface area contributed by atoms with E-state index in [0.717, 1.165) is 22.7 Å². The number of thiazole rings is 1. The maximum absolute atomic E-state index is 12.5. The average Bonchev–Trinajstić information content (AvgIpc) is 3.19. The molecule has 0 aliphatic heterocycles. The summed E-state index contributed by atoms with van der Waals surface area (Å²) >= 11 is 2.15. The fourth-order valence-electron chi connectivity index (χ4n) is 2.26. The molecule has 2 N–H and O–H groups in total. The molecule has 3 aromatic rings. The van der Waals surface area contributed by atoms with Gasteiger partial charge < -0.3 is 9.30 Å². The molecule has 0 aliphatic carbocycles. The van der Waals surface area contributed by atoms with E-state index in [1.165, 1.54) is 25.3 Å². The monoisotopic (exact) mass is 433 g/mol. The number of benzene rings is 1. The summed E-state index contributed by atoms with van der Waals surface area (Å²) < 4.78 is 59.5. The van der Waals surface area contributed by atoms with Crippen LogP contribution in [0.5, 0.6) is 0 Å². The van der Waals surface area contributed by atoms with Crippen LogP contribution in [0.4, 0.5) is 0 Å². The van der Waals surface area contributed by atoms with Gasteiger partial charge in [-0.3, -0.25) is 0 Å². The Morgan fingerprint density at radius 2 is 2.00 bits per heavy atom. The van der Waals surface area contributed by atoms with Gasteiger partial charge in [0.25, 0.3) is 10.0 Å². The van der Waals surface area contributed by atoms with Crippen molar-refractivity contribution < 1.29 is 21.6 Å². The first-order valence-electron chi connectivity index (χ1n) is 7.22. The second-order valence-electron chi connectivity index (χ2n) is 5.20. The van der Waals surface area contributed by atoms with Gasteiger partial charge in [0.15, 0.2) is 0 Å². The lowest BCUT2D eigenvalue weighted by molar-refractivity contribution is 0.187. The van der Waals surface area contributed by atoms with Gasteiger partial charge in [0.1, 0.15) is 4.21 Å². The molecule has 0 bridgehead atoms. The molecule has 0 aliphatic rings. The van der Waals surface area contributed by atoms with Gasteiger partial charge in [-0.25, -0.2) is 13.6 Å². The molecule has 0 saturated heterocycles. The number of hydrogen-bond donors (Lipinski definition) is 1. The topological polar surface area (TPSA) is 121 Å². The van der Waals surface area contributed by atoms with Crippen molar-refractivity contribution in [2.45, 2.75) is 15.6 Å². The van der Waals surface area contributed by atoms with Crippen molar-refractivity contribution in [2.24, 2.45) is 9.54 Å². The predicted molar refractivity (Wildman–Crippen MR) is 100 cm³/mol. The largest absolute Gasteiger partial charge is 0.383 e. The fraction of sp³-hybridized carbons (Fsp3) is 0.214. The Kier molecular flexibility index (Phi) is 5.33. The van der Waals surface area contributed by atoms with E-state index in [-0.39, 0.29) is 13.9 Å². The number of nitrogens with two attached hydrogens (primary N) is 1. The summed E-state index contributed by atoms with van der Waals surface area (Å²) in [6.45, 7) is 0.707. The minimum Gasteiger partial charge on any atom is -0.383 e. The smallest absolute Gasteiger partial charge is 0.294 e. The minimum absolute atomic E-state index is 0.0437. The summed E-state index contributed by atoms with van der Waals surface area (Å²) in [5.74, 6) is 0. The number of thiophene rings is 1. The zero-order chi connectivity index (χ0) is 18.9. The van der Waals surface area contributed by atoms with Crippen LogP contribution in [0.25, 0.3) is 10.2 Å². The summed E-state index contributed by atoms with van der Waals surface area (Å²) in [5, 5.41) is 6.83. The van der Waals surface area contributed by atoms with Crippen LogP contribution >= 0.6 is 22.7 Å². The Labute approximate surface area is 158 Å². The van der Waals surface area contributed by atoms with E-state index in [2.05, 4.69) is 4.40 Å². The van der Waals surface area contributed by atoms with E-state index in [4.69, 9.17) is 9.88 Å². The third-order valence-electron chi connectivity index (χ3n) is 3.45. The quantitative estimate of drug-likeness (QED) is 0.629. The van der Waals surface area contributed by atoms with Gasteiger partial charge in [-0.15, -0.1) is 15.7 Å². The van der Waals surface area contributed by atoms with Gasteiger partial charge in [0.2, 0.25) is 14.8 Å². The van der Waals surface area contributed by atoms with E-state index >= 15 is 0 Å². The molecule has 8 nitrogen and oxygen atoms in total. The molecule has 1 aromatic carbocycles. The Bertz CT molecular complexity index is 1210. The summed E-state index contributed by atoms with van der Waals surface area (Å²) in [6, 6.07) is 7.49. The molecule has 0 radical (unpaired) electrons. The van der Waals surface area contributed by atoms with Gasteiger partial charge in [0, 0.05) is 13.7 Å². The van der Waals surface area contributed by atoms with Crippen LogP contribution in [0.15, 0.2) is 49.2 Å². The second-order valence-corrected chi connectivity index (χ2v) is 10.6. The number of hydrogen-bond acceptors (Lipinski definition) is 7. The molecule has 0 fully saturated rings. The molecule has 12 heteroatoms. The number of nitrogens with zero attached hydrogens (tertiary/aromatic N) is 2. The highest BCUT2D eigenvalue weighted by Crippen LogP contribution is 2.23. The van der Waals surface area contributed by atoms with E-state index in [9.17, 15) is 16.8 Å².